The molecule has 2 rings (SSSR count). The van der Waals surface area contributed by atoms with Gasteiger partial charge < -0.3 is 5.32 Å². The van der Waals surface area contributed by atoms with Crippen molar-refractivity contribution < 1.29 is 4.79 Å². The lowest BCUT2D eigenvalue weighted by atomic mass is 10.3. The minimum Gasteiger partial charge on any atom is -0.339 e. The van der Waals surface area contributed by atoms with Crippen molar-refractivity contribution in [3.63, 3.8) is 0 Å². The van der Waals surface area contributed by atoms with Crippen LogP contribution in [0.4, 0.5) is 11.5 Å². The molecule has 0 aliphatic carbocycles. The Morgan fingerprint density at radius 1 is 1.14 bits per heavy atom. The summed E-state index contributed by atoms with van der Waals surface area (Å²) in [5.41, 5.74) is 6.64. The van der Waals surface area contributed by atoms with E-state index in [-0.39, 0.29) is 11.6 Å². The summed E-state index contributed by atoms with van der Waals surface area (Å²) in [6.45, 7) is 2.83. The number of carbonyl (C=O) groups excluding carboxylic acids is 1. The van der Waals surface area contributed by atoms with Gasteiger partial charge in [-0.05, 0) is 18.6 Å². The third-order valence-electron chi connectivity index (χ3n) is 2.79. The normalized spacial score (nSPS) is 10.1. The number of nitrogens with zero attached hydrogens (tertiary/aromatic N) is 2. The standard InChI is InChI=1S/C15H19N5O/c1-2-3-9-18-20-15(21)13-10-17-14(11-16-13)19-12-7-5-4-6-8-12/h4-8,10-11,18H,2-3,9H2,1H3,(H,17,19)(H,20,21). The van der Waals surface area contributed by atoms with Gasteiger partial charge in [-0.25, -0.2) is 15.4 Å². The molecule has 0 aliphatic heterocycles. The monoisotopic (exact) mass is 285 g/mol. The second kappa shape index (κ2) is 7.96. The summed E-state index contributed by atoms with van der Waals surface area (Å²) < 4.78 is 0. The van der Waals surface area contributed by atoms with Gasteiger partial charge in [0, 0.05) is 12.2 Å². The molecular formula is C15H19N5O. The molecule has 21 heavy (non-hydrogen) atoms. The molecule has 0 unspecified atom stereocenters. The maximum atomic E-state index is 11.8. The first kappa shape index (κ1) is 14.9. The number of nitrogens with one attached hydrogen (secondary N) is 3. The molecule has 1 aromatic carbocycles. The van der Waals surface area contributed by atoms with Gasteiger partial charge in [-0.15, -0.1) is 0 Å². The van der Waals surface area contributed by atoms with Gasteiger partial charge in [-0.3, -0.25) is 10.2 Å². The molecule has 0 fully saturated rings. The molecule has 0 aliphatic rings. The smallest absolute Gasteiger partial charge is 0.285 e. The SMILES string of the molecule is CCCCNNC(=O)c1cnc(Nc2ccccc2)cn1. The fourth-order valence-electron chi connectivity index (χ4n) is 1.65. The second-order valence-corrected chi connectivity index (χ2v) is 4.51. The Morgan fingerprint density at radius 2 is 1.95 bits per heavy atom. The third kappa shape index (κ3) is 4.85. The molecule has 0 bridgehead atoms. The van der Waals surface area contributed by atoms with Crippen molar-refractivity contribution in [2.45, 2.75) is 19.8 Å². The summed E-state index contributed by atoms with van der Waals surface area (Å²) >= 11 is 0. The van der Waals surface area contributed by atoms with E-state index in [1.54, 1.807) is 0 Å². The van der Waals surface area contributed by atoms with Crippen LogP contribution in [0.3, 0.4) is 0 Å². The first-order valence-electron chi connectivity index (χ1n) is 6.97. The van der Waals surface area contributed by atoms with Crippen LogP contribution in [0.1, 0.15) is 30.3 Å². The van der Waals surface area contributed by atoms with Crippen LogP contribution in [0, 0.1) is 0 Å². The maximum absolute atomic E-state index is 11.8. The molecule has 0 radical (unpaired) electrons. The summed E-state index contributed by atoms with van der Waals surface area (Å²) in [5.74, 6) is 0.307. The van der Waals surface area contributed by atoms with Crippen LogP contribution in [0.15, 0.2) is 42.7 Å². The van der Waals surface area contributed by atoms with E-state index in [0.29, 0.717) is 5.82 Å². The average molecular weight is 285 g/mol. The average Bonchev–Trinajstić information content (AvgIpc) is 2.53. The van der Waals surface area contributed by atoms with Crippen molar-refractivity contribution in [1.29, 1.82) is 0 Å². The number of benzene rings is 1. The van der Waals surface area contributed by atoms with E-state index >= 15 is 0 Å². The van der Waals surface area contributed by atoms with Crippen LogP contribution < -0.4 is 16.2 Å². The predicted octanol–water partition coefficient (Wildman–Crippen LogP) is 2.25. The topological polar surface area (TPSA) is 78.9 Å². The van der Waals surface area contributed by atoms with Crippen LogP contribution in [-0.4, -0.2) is 22.4 Å². The Hall–Kier alpha value is -2.47. The van der Waals surface area contributed by atoms with Crippen molar-refractivity contribution in [3.05, 3.63) is 48.4 Å². The zero-order chi connectivity index (χ0) is 14.9. The molecule has 0 saturated carbocycles. The van der Waals surface area contributed by atoms with Crippen LogP contribution in [-0.2, 0) is 0 Å². The number of hydrazine groups is 1. The molecule has 1 heterocycles. The Balaban J connectivity index is 1.88. The highest BCUT2D eigenvalue weighted by atomic mass is 16.2. The van der Waals surface area contributed by atoms with Gasteiger partial charge in [0.05, 0.1) is 12.4 Å². The molecule has 0 spiro atoms. The fraction of sp³-hybridized carbons (Fsp3) is 0.267. The van der Waals surface area contributed by atoms with Gasteiger partial charge in [-0.1, -0.05) is 31.5 Å². The Labute approximate surface area is 124 Å². The van der Waals surface area contributed by atoms with E-state index in [2.05, 4.69) is 33.1 Å². The lowest BCUT2D eigenvalue weighted by molar-refractivity contribution is 0.0927. The molecule has 6 heteroatoms. The van der Waals surface area contributed by atoms with Crippen LogP contribution in [0.2, 0.25) is 0 Å². The minimum absolute atomic E-state index is 0.276. The van der Waals surface area contributed by atoms with Gasteiger partial charge in [-0.2, -0.15) is 0 Å². The van der Waals surface area contributed by atoms with Crippen molar-refractivity contribution in [3.8, 4) is 0 Å². The van der Waals surface area contributed by atoms with Gasteiger partial charge in [0.1, 0.15) is 11.5 Å². The number of para-hydroxylation sites is 1. The number of hydrogen-bond donors (Lipinski definition) is 3. The van der Waals surface area contributed by atoms with Crippen molar-refractivity contribution in [2.24, 2.45) is 0 Å². The highest BCUT2D eigenvalue weighted by molar-refractivity contribution is 5.91. The highest BCUT2D eigenvalue weighted by Gasteiger charge is 2.07. The Morgan fingerprint density at radius 3 is 2.62 bits per heavy atom. The predicted molar refractivity (Wildman–Crippen MR) is 82.1 cm³/mol. The summed E-state index contributed by atoms with van der Waals surface area (Å²) in [4.78, 5) is 20.1. The van der Waals surface area contributed by atoms with E-state index in [9.17, 15) is 4.79 Å². The summed E-state index contributed by atoms with van der Waals surface area (Å²) in [5, 5.41) is 3.11. The van der Waals surface area contributed by atoms with Crippen molar-refractivity contribution in [2.75, 3.05) is 11.9 Å². The number of anilines is 2. The number of carbonyl (C=O) groups is 1. The summed E-state index contributed by atoms with van der Waals surface area (Å²) in [7, 11) is 0. The molecule has 6 nitrogen and oxygen atoms in total. The maximum Gasteiger partial charge on any atom is 0.285 e. The Kier molecular flexibility index (Phi) is 5.66. The largest absolute Gasteiger partial charge is 0.339 e. The zero-order valence-corrected chi connectivity index (χ0v) is 12.0. The lowest BCUT2D eigenvalue weighted by Crippen LogP contribution is -2.38. The number of unbranched alkanes of at least 4 members (excludes halogenated alkanes) is 1. The molecule has 0 saturated heterocycles. The molecule has 1 amide bonds. The molecule has 1 aromatic heterocycles. The second-order valence-electron chi connectivity index (χ2n) is 4.51. The van der Waals surface area contributed by atoms with Gasteiger partial charge in [0.2, 0.25) is 0 Å². The third-order valence-corrected chi connectivity index (χ3v) is 2.79. The lowest BCUT2D eigenvalue weighted by Gasteiger charge is -2.07. The van der Waals surface area contributed by atoms with Crippen LogP contribution in [0.25, 0.3) is 0 Å². The fourth-order valence-corrected chi connectivity index (χ4v) is 1.65. The molecule has 110 valence electrons. The van der Waals surface area contributed by atoms with Crippen LogP contribution >= 0.6 is 0 Å². The highest BCUT2D eigenvalue weighted by Crippen LogP contribution is 2.12. The first-order chi connectivity index (χ1) is 10.3. The number of rotatable bonds is 7. The number of aromatic nitrogens is 2. The summed E-state index contributed by atoms with van der Waals surface area (Å²) in [6.07, 6.45) is 5.06. The zero-order valence-electron chi connectivity index (χ0n) is 12.0. The Bertz CT molecular complexity index is 556. The molecule has 2 aromatic rings. The number of amides is 1. The molecule has 0 atom stereocenters. The molecular weight excluding hydrogens is 266 g/mol. The first-order valence-corrected chi connectivity index (χ1v) is 6.97. The van der Waals surface area contributed by atoms with Crippen molar-refractivity contribution in [1.82, 2.24) is 20.8 Å². The number of hydrogen-bond acceptors (Lipinski definition) is 5. The van der Waals surface area contributed by atoms with Gasteiger partial charge >= 0.3 is 0 Å². The van der Waals surface area contributed by atoms with Gasteiger partial charge in [0.15, 0.2) is 0 Å². The molecule has 3 N–H and O–H groups in total. The minimum atomic E-state index is -0.287. The van der Waals surface area contributed by atoms with E-state index < -0.39 is 0 Å². The van der Waals surface area contributed by atoms with E-state index in [1.807, 2.05) is 30.3 Å². The van der Waals surface area contributed by atoms with Gasteiger partial charge in [0.25, 0.3) is 5.91 Å². The van der Waals surface area contributed by atoms with E-state index in [4.69, 9.17) is 0 Å². The summed E-state index contributed by atoms with van der Waals surface area (Å²) in [6, 6.07) is 9.66. The van der Waals surface area contributed by atoms with E-state index in [1.165, 1.54) is 12.4 Å². The van der Waals surface area contributed by atoms with Crippen LogP contribution in [0.5, 0.6) is 0 Å². The van der Waals surface area contributed by atoms with Crippen molar-refractivity contribution >= 4 is 17.4 Å². The quantitative estimate of drug-likeness (QED) is 0.537. The van der Waals surface area contributed by atoms with E-state index in [0.717, 1.165) is 25.1 Å².